The van der Waals surface area contributed by atoms with Crippen molar-refractivity contribution in [3.05, 3.63) is 35.4 Å². The number of hydrogen-bond donors (Lipinski definition) is 1. The number of aryl methyl sites for hydroxylation is 1. The first-order valence-corrected chi connectivity index (χ1v) is 8.66. The van der Waals surface area contributed by atoms with Gasteiger partial charge in [0.15, 0.2) is 0 Å². The second-order valence-electron chi connectivity index (χ2n) is 6.86. The van der Waals surface area contributed by atoms with Gasteiger partial charge in [-0.2, -0.15) is 0 Å². The van der Waals surface area contributed by atoms with Crippen LogP contribution in [-0.4, -0.2) is 12.6 Å². The molecule has 0 aliphatic heterocycles. The lowest BCUT2D eigenvalue weighted by molar-refractivity contribution is 0.228. The summed E-state index contributed by atoms with van der Waals surface area (Å²) in [5.74, 6) is 1.82. The smallest absolute Gasteiger partial charge is 0.00683 e. The highest BCUT2D eigenvalue weighted by molar-refractivity contribution is 5.23. The van der Waals surface area contributed by atoms with Crippen molar-refractivity contribution in [3.63, 3.8) is 0 Å². The van der Waals surface area contributed by atoms with Gasteiger partial charge in [-0.3, -0.25) is 0 Å². The van der Waals surface area contributed by atoms with Gasteiger partial charge in [0.1, 0.15) is 0 Å². The van der Waals surface area contributed by atoms with Crippen LogP contribution < -0.4 is 5.32 Å². The van der Waals surface area contributed by atoms with Crippen LogP contribution in [0.15, 0.2) is 24.3 Å². The van der Waals surface area contributed by atoms with E-state index in [1.165, 1.54) is 57.1 Å². The first-order valence-electron chi connectivity index (χ1n) is 8.66. The Morgan fingerprint density at radius 2 is 1.55 bits per heavy atom. The average Bonchev–Trinajstić information content (AvgIpc) is 3.31. The van der Waals surface area contributed by atoms with E-state index in [0.29, 0.717) is 0 Å². The molecule has 0 heterocycles. The molecule has 1 aromatic carbocycles. The highest BCUT2D eigenvalue weighted by Gasteiger charge is 2.28. The van der Waals surface area contributed by atoms with Crippen LogP contribution in [-0.2, 0) is 12.8 Å². The molecule has 3 rings (SSSR count). The summed E-state index contributed by atoms with van der Waals surface area (Å²) in [6, 6.07) is 10.2. The highest BCUT2D eigenvalue weighted by atomic mass is 14.9. The Kier molecular flexibility index (Phi) is 4.77. The minimum Gasteiger partial charge on any atom is -0.314 e. The largest absolute Gasteiger partial charge is 0.314 e. The van der Waals surface area contributed by atoms with Crippen LogP contribution in [0.4, 0.5) is 0 Å². The molecular formula is C19H29N. The highest BCUT2D eigenvalue weighted by Crippen LogP contribution is 2.33. The van der Waals surface area contributed by atoms with Gasteiger partial charge in [-0.15, -0.1) is 0 Å². The first-order chi connectivity index (χ1) is 9.85. The monoisotopic (exact) mass is 271 g/mol. The van der Waals surface area contributed by atoms with Crippen LogP contribution >= 0.6 is 0 Å². The van der Waals surface area contributed by atoms with Crippen molar-refractivity contribution in [1.82, 2.24) is 5.32 Å². The van der Waals surface area contributed by atoms with Crippen LogP contribution in [0.25, 0.3) is 0 Å². The zero-order valence-electron chi connectivity index (χ0n) is 12.9. The summed E-state index contributed by atoms with van der Waals surface area (Å²) in [5, 5.41) is 3.76. The second-order valence-corrected chi connectivity index (χ2v) is 6.86. The van der Waals surface area contributed by atoms with Crippen molar-refractivity contribution in [1.29, 1.82) is 0 Å². The lowest BCUT2D eigenvalue weighted by atomic mass is 9.76. The number of nitrogens with one attached hydrogen (secondary N) is 1. The van der Waals surface area contributed by atoms with Gasteiger partial charge in [-0.25, -0.2) is 0 Å². The molecule has 110 valence electrons. The van der Waals surface area contributed by atoms with Crippen LogP contribution in [0.1, 0.15) is 56.6 Å². The van der Waals surface area contributed by atoms with Crippen molar-refractivity contribution in [2.45, 2.75) is 64.3 Å². The van der Waals surface area contributed by atoms with Gasteiger partial charge in [0.2, 0.25) is 0 Å². The molecule has 0 amide bonds. The fourth-order valence-corrected chi connectivity index (χ4v) is 3.64. The van der Waals surface area contributed by atoms with Gasteiger partial charge in [0.25, 0.3) is 0 Å². The molecule has 2 unspecified atom stereocenters. The summed E-state index contributed by atoms with van der Waals surface area (Å²) in [6.45, 7) is 3.50. The maximum Gasteiger partial charge on any atom is 0.00683 e. The minimum atomic E-state index is 0.862. The second kappa shape index (κ2) is 6.76. The standard InChI is InChI=1S/C19H29N/c1-2-15-7-9-16(10-8-15)13-17-5-3-4-6-18(17)14-20-19-11-12-19/h7-10,17-20H,2-6,11-14H2,1H3. The lowest BCUT2D eigenvalue weighted by Gasteiger charge is -2.32. The Balaban J connectivity index is 1.56. The Hall–Kier alpha value is -0.820. The van der Waals surface area contributed by atoms with Gasteiger partial charge in [0, 0.05) is 6.04 Å². The van der Waals surface area contributed by atoms with Crippen LogP contribution in [0, 0.1) is 11.8 Å². The molecule has 1 heteroatoms. The number of rotatable bonds is 6. The topological polar surface area (TPSA) is 12.0 Å². The molecule has 0 spiro atoms. The van der Waals surface area contributed by atoms with E-state index in [9.17, 15) is 0 Å². The molecule has 2 fully saturated rings. The van der Waals surface area contributed by atoms with Crippen molar-refractivity contribution in [2.75, 3.05) is 6.54 Å². The van der Waals surface area contributed by atoms with Crippen LogP contribution in [0.3, 0.4) is 0 Å². The predicted octanol–water partition coefficient (Wildman–Crippen LogP) is 4.35. The molecule has 1 nitrogen and oxygen atoms in total. The molecule has 1 aromatic rings. The van der Waals surface area contributed by atoms with Gasteiger partial charge in [-0.1, -0.05) is 44.0 Å². The minimum absolute atomic E-state index is 0.862. The molecule has 0 bridgehead atoms. The van der Waals surface area contributed by atoms with E-state index in [4.69, 9.17) is 0 Å². The van der Waals surface area contributed by atoms with Gasteiger partial charge >= 0.3 is 0 Å². The van der Waals surface area contributed by atoms with Crippen molar-refractivity contribution < 1.29 is 0 Å². The molecule has 2 aliphatic carbocycles. The van der Waals surface area contributed by atoms with Crippen LogP contribution in [0.2, 0.25) is 0 Å². The SMILES string of the molecule is CCc1ccc(CC2CCCCC2CNC2CC2)cc1. The first kappa shape index (κ1) is 14.1. The molecule has 0 saturated heterocycles. The summed E-state index contributed by atoms with van der Waals surface area (Å²) in [5.41, 5.74) is 3.01. The zero-order chi connectivity index (χ0) is 13.8. The van der Waals surface area contributed by atoms with E-state index in [-0.39, 0.29) is 0 Å². The number of benzene rings is 1. The third-order valence-corrected chi connectivity index (χ3v) is 5.24. The quantitative estimate of drug-likeness (QED) is 0.811. The zero-order valence-corrected chi connectivity index (χ0v) is 12.9. The fourth-order valence-electron chi connectivity index (χ4n) is 3.64. The molecule has 0 aromatic heterocycles. The average molecular weight is 271 g/mol. The van der Waals surface area contributed by atoms with E-state index in [1.807, 2.05) is 0 Å². The van der Waals surface area contributed by atoms with Crippen molar-refractivity contribution in [2.24, 2.45) is 11.8 Å². The molecule has 1 N–H and O–H groups in total. The van der Waals surface area contributed by atoms with E-state index in [0.717, 1.165) is 24.3 Å². The molecule has 2 aliphatic rings. The summed E-state index contributed by atoms with van der Waals surface area (Å²) < 4.78 is 0. The summed E-state index contributed by atoms with van der Waals surface area (Å²) >= 11 is 0. The number of hydrogen-bond acceptors (Lipinski definition) is 1. The van der Waals surface area contributed by atoms with E-state index >= 15 is 0 Å². The van der Waals surface area contributed by atoms with Gasteiger partial charge < -0.3 is 5.32 Å². The van der Waals surface area contributed by atoms with Crippen molar-refractivity contribution >= 4 is 0 Å². The normalized spacial score (nSPS) is 26.6. The fraction of sp³-hybridized carbons (Fsp3) is 0.684. The Morgan fingerprint density at radius 1 is 0.900 bits per heavy atom. The molecule has 0 radical (unpaired) electrons. The van der Waals surface area contributed by atoms with Gasteiger partial charge in [-0.05, 0) is 68.0 Å². The third kappa shape index (κ3) is 3.85. The predicted molar refractivity (Wildman–Crippen MR) is 86.0 cm³/mol. The lowest BCUT2D eigenvalue weighted by Crippen LogP contribution is -2.32. The van der Waals surface area contributed by atoms with Gasteiger partial charge in [0.05, 0.1) is 0 Å². The molecule has 2 saturated carbocycles. The summed E-state index contributed by atoms with van der Waals surface area (Å²) in [7, 11) is 0. The molecule has 2 atom stereocenters. The Morgan fingerprint density at radius 3 is 2.20 bits per heavy atom. The van der Waals surface area contributed by atoms with Crippen molar-refractivity contribution in [3.8, 4) is 0 Å². The van der Waals surface area contributed by atoms with E-state index < -0.39 is 0 Å². The third-order valence-electron chi connectivity index (χ3n) is 5.24. The summed E-state index contributed by atoms with van der Waals surface area (Å²) in [6.07, 6.45) is 11.0. The van der Waals surface area contributed by atoms with Crippen LogP contribution in [0.5, 0.6) is 0 Å². The Bertz CT molecular complexity index is 404. The molecule has 20 heavy (non-hydrogen) atoms. The van der Waals surface area contributed by atoms with E-state index in [2.05, 4.69) is 36.5 Å². The Labute approximate surface area is 124 Å². The molecular weight excluding hydrogens is 242 g/mol. The summed E-state index contributed by atoms with van der Waals surface area (Å²) in [4.78, 5) is 0. The maximum atomic E-state index is 3.76. The maximum absolute atomic E-state index is 3.76. The van der Waals surface area contributed by atoms with E-state index in [1.54, 1.807) is 5.56 Å².